The minimum atomic E-state index is -0.665. The lowest BCUT2D eigenvalue weighted by atomic mass is 9.76. The van der Waals surface area contributed by atoms with Crippen LogP contribution in [0.15, 0.2) is 24.3 Å². The van der Waals surface area contributed by atoms with E-state index in [4.69, 9.17) is 0 Å². The van der Waals surface area contributed by atoms with E-state index in [1.165, 1.54) is 24.8 Å². The second kappa shape index (κ2) is 6.30. The number of aliphatic hydroxyl groups is 1. The highest BCUT2D eigenvalue weighted by Crippen LogP contribution is 2.40. The third-order valence-electron chi connectivity index (χ3n) is 4.49. The zero-order valence-electron chi connectivity index (χ0n) is 13.5. The number of rotatable bonds is 6. The largest absolute Gasteiger partial charge is 0.385 e. The average Bonchev–Trinajstić information content (AvgIpc) is 2.24. The van der Waals surface area contributed by atoms with Gasteiger partial charge in [0.1, 0.15) is 0 Å². The van der Waals surface area contributed by atoms with E-state index in [-0.39, 0.29) is 0 Å². The second-order valence-corrected chi connectivity index (χ2v) is 7.48. The van der Waals surface area contributed by atoms with Gasteiger partial charge in [0.05, 0.1) is 5.60 Å². The van der Waals surface area contributed by atoms with Crippen LogP contribution in [0.1, 0.15) is 76.8 Å². The van der Waals surface area contributed by atoms with Crippen LogP contribution >= 0.6 is 0 Å². The Morgan fingerprint density at radius 2 is 1.70 bits per heavy atom. The van der Waals surface area contributed by atoms with Crippen LogP contribution < -0.4 is 0 Å². The lowest BCUT2D eigenvalue weighted by molar-refractivity contribution is -0.00460. The van der Waals surface area contributed by atoms with Crippen molar-refractivity contribution in [3.63, 3.8) is 0 Å². The first-order valence-electron chi connectivity index (χ1n) is 8.23. The maximum Gasteiger partial charge on any atom is 0.0901 e. The monoisotopic (exact) mass is 274 g/mol. The van der Waals surface area contributed by atoms with Gasteiger partial charge in [-0.1, -0.05) is 58.4 Å². The molecule has 1 aliphatic rings. The highest BCUT2D eigenvalue weighted by atomic mass is 16.3. The second-order valence-electron chi connectivity index (χ2n) is 7.48. The summed E-state index contributed by atoms with van der Waals surface area (Å²) in [7, 11) is 0. The Labute approximate surface area is 124 Å². The highest BCUT2D eigenvalue weighted by Gasteiger charge is 2.32. The van der Waals surface area contributed by atoms with Crippen molar-refractivity contribution >= 4 is 0 Å². The molecule has 0 atom stereocenters. The fraction of sp³-hybridized carbons (Fsp3) is 0.684. The average molecular weight is 274 g/mol. The maximum absolute atomic E-state index is 11.2. The first kappa shape index (κ1) is 15.6. The molecule has 1 aromatic rings. The molecule has 1 fully saturated rings. The van der Waals surface area contributed by atoms with Gasteiger partial charge in [-0.2, -0.15) is 0 Å². The predicted octanol–water partition coefficient (Wildman–Crippen LogP) is 5.23. The van der Waals surface area contributed by atoms with E-state index in [2.05, 4.69) is 52.0 Å². The van der Waals surface area contributed by atoms with E-state index in [0.717, 1.165) is 24.3 Å². The van der Waals surface area contributed by atoms with Crippen molar-refractivity contribution in [1.29, 1.82) is 0 Å². The lowest BCUT2D eigenvalue weighted by Gasteiger charge is -2.34. The summed E-state index contributed by atoms with van der Waals surface area (Å²) in [6.07, 6.45) is 5.68. The molecule has 0 unspecified atom stereocenters. The van der Waals surface area contributed by atoms with Crippen LogP contribution in [0.5, 0.6) is 0 Å². The number of hydrogen-bond acceptors (Lipinski definition) is 1. The number of benzene rings is 1. The molecule has 0 spiro atoms. The highest BCUT2D eigenvalue weighted by molar-refractivity contribution is 5.31. The Kier molecular flexibility index (Phi) is 4.90. The van der Waals surface area contributed by atoms with Crippen molar-refractivity contribution in [2.75, 3.05) is 0 Å². The summed E-state index contributed by atoms with van der Waals surface area (Å²) in [5.74, 6) is 1.74. The van der Waals surface area contributed by atoms with Crippen LogP contribution in [0.2, 0.25) is 0 Å². The van der Waals surface area contributed by atoms with Crippen molar-refractivity contribution in [3.8, 4) is 0 Å². The molecule has 1 aromatic carbocycles. The maximum atomic E-state index is 11.2. The van der Waals surface area contributed by atoms with Crippen LogP contribution in [0, 0.1) is 11.8 Å². The van der Waals surface area contributed by atoms with Crippen LogP contribution in [0.3, 0.4) is 0 Å². The molecule has 2 rings (SSSR count). The van der Waals surface area contributed by atoms with Gasteiger partial charge in [0, 0.05) is 0 Å². The summed E-state index contributed by atoms with van der Waals surface area (Å²) in [5, 5.41) is 11.2. The van der Waals surface area contributed by atoms with Gasteiger partial charge in [-0.25, -0.2) is 0 Å². The molecule has 1 nitrogen and oxygen atoms in total. The molecule has 1 aliphatic carbocycles. The fourth-order valence-electron chi connectivity index (χ4n) is 3.49. The quantitative estimate of drug-likeness (QED) is 0.752. The molecule has 1 saturated carbocycles. The Hall–Kier alpha value is -0.820. The van der Waals surface area contributed by atoms with Gasteiger partial charge in [-0.3, -0.25) is 0 Å². The summed E-state index contributed by atoms with van der Waals surface area (Å²) in [6, 6.07) is 8.76. The molecule has 20 heavy (non-hydrogen) atoms. The van der Waals surface area contributed by atoms with Gasteiger partial charge in [-0.05, 0) is 54.6 Å². The van der Waals surface area contributed by atoms with Gasteiger partial charge in [-0.15, -0.1) is 0 Å². The summed E-state index contributed by atoms with van der Waals surface area (Å²) >= 11 is 0. The Morgan fingerprint density at radius 1 is 1.10 bits per heavy atom. The first-order valence-corrected chi connectivity index (χ1v) is 8.23. The summed E-state index contributed by atoms with van der Waals surface area (Å²) in [6.45, 7) is 8.78. The standard InChI is InChI=1S/C19H30O/c1-14(2)12-19(20,13-15(3)4)18-10-6-9-17(11-18)16-7-5-8-16/h6,9-11,14-16,20H,5,7-8,12-13H2,1-4H3. The Bertz CT molecular complexity index is 419. The first-order chi connectivity index (χ1) is 9.40. The molecular formula is C19H30O. The van der Waals surface area contributed by atoms with Crippen molar-refractivity contribution in [2.45, 2.75) is 71.3 Å². The zero-order chi connectivity index (χ0) is 14.8. The zero-order valence-corrected chi connectivity index (χ0v) is 13.5. The SMILES string of the molecule is CC(C)CC(O)(CC(C)C)c1cccc(C2CCC2)c1. The van der Waals surface area contributed by atoms with Crippen LogP contribution in [-0.4, -0.2) is 5.11 Å². The van der Waals surface area contributed by atoms with E-state index >= 15 is 0 Å². The molecule has 0 radical (unpaired) electrons. The van der Waals surface area contributed by atoms with Gasteiger partial charge in [0.25, 0.3) is 0 Å². The predicted molar refractivity (Wildman–Crippen MR) is 85.8 cm³/mol. The van der Waals surface area contributed by atoms with E-state index < -0.39 is 5.60 Å². The van der Waals surface area contributed by atoms with E-state index in [1.807, 2.05) is 0 Å². The number of hydrogen-bond donors (Lipinski definition) is 1. The molecule has 0 amide bonds. The minimum Gasteiger partial charge on any atom is -0.385 e. The van der Waals surface area contributed by atoms with Crippen LogP contribution in [-0.2, 0) is 5.60 Å². The van der Waals surface area contributed by atoms with Crippen LogP contribution in [0.4, 0.5) is 0 Å². The topological polar surface area (TPSA) is 20.2 Å². The molecule has 112 valence electrons. The van der Waals surface area contributed by atoms with E-state index in [9.17, 15) is 5.11 Å². The van der Waals surface area contributed by atoms with Crippen molar-refractivity contribution in [1.82, 2.24) is 0 Å². The fourth-order valence-corrected chi connectivity index (χ4v) is 3.49. The molecule has 0 heterocycles. The third-order valence-corrected chi connectivity index (χ3v) is 4.49. The molecule has 0 aromatic heterocycles. The molecule has 0 aliphatic heterocycles. The smallest absolute Gasteiger partial charge is 0.0901 e. The van der Waals surface area contributed by atoms with Crippen LogP contribution in [0.25, 0.3) is 0 Å². The van der Waals surface area contributed by atoms with E-state index in [1.54, 1.807) is 0 Å². The van der Waals surface area contributed by atoms with E-state index in [0.29, 0.717) is 11.8 Å². The van der Waals surface area contributed by atoms with Crippen molar-refractivity contribution in [2.24, 2.45) is 11.8 Å². The van der Waals surface area contributed by atoms with Crippen molar-refractivity contribution in [3.05, 3.63) is 35.4 Å². The van der Waals surface area contributed by atoms with Gasteiger partial charge in [0.15, 0.2) is 0 Å². The molecule has 0 saturated heterocycles. The third kappa shape index (κ3) is 3.63. The molecule has 1 N–H and O–H groups in total. The van der Waals surface area contributed by atoms with Gasteiger partial charge >= 0.3 is 0 Å². The van der Waals surface area contributed by atoms with Gasteiger partial charge < -0.3 is 5.11 Å². The molecule has 1 heteroatoms. The molecule has 0 bridgehead atoms. The normalized spacial score (nSPS) is 16.8. The minimum absolute atomic E-state index is 0.506. The Balaban J connectivity index is 2.27. The van der Waals surface area contributed by atoms with Gasteiger partial charge in [0.2, 0.25) is 0 Å². The lowest BCUT2D eigenvalue weighted by Crippen LogP contribution is -2.30. The Morgan fingerprint density at radius 3 is 2.15 bits per heavy atom. The van der Waals surface area contributed by atoms with Crippen molar-refractivity contribution < 1.29 is 5.11 Å². The molecular weight excluding hydrogens is 244 g/mol. The summed E-state index contributed by atoms with van der Waals surface area (Å²) in [4.78, 5) is 0. The summed E-state index contributed by atoms with van der Waals surface area (Å²) < 4.78 is 0. The summed E-state index contributed by atoms with van der Waals surface area (Å²) in [5.41, 5.74) is 1.89.